The van der Waals surface area contributed by atoms with Crippen LogP contribution >= 0.6 is 34.5 Å². The number of carbonyl (C=O) groups excluding carboxylic acids is 1. The summed E-state index contributed by atoms with van der Waals surface area (Å²) in [6.07, 6.45) is 1.08. The predicted octanol–water partition coefficient (Wildman–Crippen LogP) is 6.62. The summed E-state index contributed by atoms with van der Waals surface area (Å²) in [5.74, 6) is 0.669. The van der Waals surface area contributed by atoms with E-state index in [0.29, 0.717) is 37.8 Å². The first-order valence-corrected chi connectivity index (χ1v) is 12.7. The van der Waals surface area contributed by atoms with Gasteiger partial charge in [0.25, 0.3) is 5.91 Å². The summed E-state index contributed by atoms with van der Waals surface area (Å²) in [6, 6.07) is 18.6. The number of carbonyl (C=O) groups is 1. The van der Waals surface area contributed by atoms with Gasteiger partial charge in [-0.2, -0.15) is 0 Å². The van der Waals surface area contributed by atoms with Crippen molar-refractivity contribution in [3.8, 4) is 11.5 Å². The number of hydrogen-bond acceptors (Lipinski definition) is 5. The maximum absolute atomic E-state index is 12.8. The summed E-state index contributed by atoms with van der Waals surface area (Å²) in [5.41, 5.74) is 0.902. The molecule has 0 atom stereocenters. The molecule has 0 spiro atoms. The molecule has 2 N–H and O–H groups in total. The van der Waals surface area contributed by atoms with Crippen molar-refractivity contribution in [1.29, 1.82) is 0 Å². The number of amides is 1. The molecule has 0 saturated heterocycles. The Morgan fingerprint density at radius 1 is 0.906 bits per heavy atom. The Labute approximate surface area is 198 Å². The van der Waals surface area contributed by atoms with Gasteiger partial charge >= 0.3 is 0 Å². The van der Waals surface area contributed by atoms with Crippen molar-refractivity contribution in [1.82, 2.24) is 0 Å². The summed E-state index contributed by atoms with van der Waals surface area (Å²) in [7, 11) is -3.39. The fourth-order valence-electron chi connectivity index (χ4n) is 2.99. The highest BCUT2D eigenvalue weighted by Crippen LogP contribution is 2.32. The molecule has 3 aromatic carbocycles. The summed E-state index contributed by atoms with van der Waals surface area (Å²) in [4.78, 5) is 13.3. The third-order valence-electron chi connectivity index (χ3n) is 4.20. The molecule has 10 heteroatoms. The van der Waals surface area contributed by atoms with Crippen LogP contribution in [-0.2, 0) is 10.0 Å². The molecule has 6 nitrogen and oxygen atoms in total. The average molecular weight is 507 g/mol. The lowest BCUT2D eigenvalue weighted by Gasteiger charge is -2.10. The lowest BCUT2D eigenvalue weighted by Crippen LogP contribution is -2.10. The summed E-state index contributed by atoms with van der Waals surface area (Å²) < 4.78 is 32.0. The van der Waals surface area contributed by atoms with Gasteiger partial charge in [-0.15, -0.1) is 11.3 Å². The molecule has 0 aliphatic rings. The average Bonchev–Trinajstić information content (AvgIpc) is 3.10. The van der Waals surface area contributed by atoms with Gasteiger partial charge in [-0.05, 0) is 60.0 Å². The molecule has 164 valence electrons. The van der Waals surface area contributed by atoms with Crippen LogP contribution in [0.3, 0.4) is 0 Å². The van der Waals surface area contributed by atoms with Crippen LogP contribution in [-0.4, -0.2) is 20.6 Å². The number of fused-ring (bicyclic) bond motifs is 1. The highest BCUT2D eigenvalue weighted by Gasteiger charge is 2.13. The van der Waals surface area contributed by atoms with Crippen LogP contribution in [0.4, 0.5) is 11.4 Å². The maximum Gasteiger partial charge on any atom is 0.265 e. The Kier molecular flexibility index (Phi) is 6.30. The van der Waals surface area contributed by atoms with Gasteiger partial charge in [0.1, 0.15) is 11.5 Å². The van der Waals surface area contributed by atoms with Gasteiger partial charge in [0.15, 0.2) is 0 Å². The van der Waals surface area contributed by atoms with E-state index in [1.165, 1.54) is 11.3 Å². The molecule has 1 amide bonds. The molecular formula is C22H16Cl2N2O4S2. The topological polar surface area (TPSA) is 84.5 Å². The van der Waals surface area contributed by atoms with E-state index in [0.717, 1.165) is 16.3 Å². The number of benzene rings is 3. The summed E-state index contributed by atoms with van der Waals surface area (Å²) in [6.45, 7) is 0. The number of ether oxygens (including phenoxy) is 1. The molecule has 0 aliphatic carbocycles. The monoisotopic (exact) mass is 506 g/mol. The van der Waals surface area contributed by atoms with Gasteiger partial charge in [0.2, 0.25) is 10.0 Å². The van der Waals surface area contributed by atoms with E-state index in [9.17, 15) is 13.2 Å². The Morgan fingerprint density at radius 3 is 2.44 bits per heavy atom. The molecule has 0 bridgehead atoms. The minimum absolute atomic E-state index is 0.320. The molecule has 1 aromatic heterocycles. The lowest BCUT2D eigenvalue weighted by molar-refractivity contribution is 0.103. The van der Waals surface area contributed by atoms with E-state index >= 15 is 0 Å². The van der Waals surface area contributed by atoms with Crippen LogP contribution in [0, 0.1) is 0 Å². The highest BCUT2D eigenvalue weighted by molar-refractivity contribution is 7.92. The van der Waals surface area contributed by atoms with Crippen LogP contribution < -0.4 is 14.8 Å². The zero-order valence-electron chi connectivity index (χ0n) is 16.6. The minimum atomic E-state index is -3.39. The first-order chi connectivity index (χ1) is 15.1. The molecular weight excluding hydrogens is 491 g/mol. The van der Waals surface area contributed by atoms with Crippen LogP contribution in [0.15, 0.2) is 66.7 Å². The number of halogens is 2. The molecule has 1 heterocycles. The van der Waals surface area contributed by atoms with E-state index in [4.69, 9.17) is 27.9 Å². The van der Waals surface area contributed by atoms with Gasteiger partial charge in [-0.1, -0.05) is 29.3 Å². The normalized spacial score (nSPS) is 11.3. The second-order valence-corrected chi connectivity index (χ2v) is 10.6. The number of sulfonamides is 1. The number of nitrogens with one attached hydrogen (secondary N) is 2. The van der Waals surface area contributed by atoms with E-state index < -0.39 is 10.0 Å². The second kappa shape index (κ2) is 8.99. The zero-order valence-corrected chi connectivity index (χ0v) is 19.7. The lowest BCUT2D eigenvalue weighted by atomic mass is 10.2. The van der Waals surface area contributed by atoms with Crippen molar-refractivity contribution in [2.75, 3.05) is 16.3 Å². The van der Waals surface area contributed by atoms with E-state index in [1.54, 1.807) is 66.7 Å². The van der Waals surface area contributed by atoms with Crippen molar-refractivity contribution in [3.63, 3.8) is 0 Å². The third-order valence-corrected chi connectivity index (χ3v) is 6.38. The second-order valence-electron chi connectivity index (χ2n) is 6.93. The zero-order chi connectivity index (χ0) is 22.9. The van der Waals surface area contributed by atoms with Gasteiger partial charge in [-0.25, -0.2) is 8.42 Å². The first-order valence-electron chi connectivity index (χ1n) is 9.21. The van der Waals surface area contributed by atoms with E-state index in [2.05, 4.69) is 10.0 Å². The van der Waals surface area contributed by atoms with Crippen molar-refractivity contribution in [2.24, 2.45) is 0 Å². The van der Waals surface area contributed by atoms with Crippen molar-refractivity contribution < 1.29 is 17.9 Å². The Bertz CT molecular complexity index is 1440. The van der Waals surface area contributed by atoms with Gasteiger partial charge < -0.3 is 10.1 Å². The molecule has 0 saturated carbocycles. The molecule has 0 unspecified atom stereocenters. The molecule has 4 rings (SSSR count). The van der Waals surface area contributed by atoms with Crippen molar-refractivity contribution in [2.45, 2.75) is 0 Å². The van der Waals surface area contributed by atoms with E-state index in [1.807, 2.05) is 0 Å². The highest BCUT2D eigenvalue weighted by atomic mass is 35.5. The molecule has 32 heavy (non-hydrogen) atoms. The van der Waals surface area contributed by atoms with Gasteiger partial charge in [0.05, 0.1) is 11.1 Å². The van der Waals surface area contributed by atoms with E-state index in [-0.39, 0.29) is 5.91 Å². The molecule has 4 aromatic rings. The number of anilines is 2. The predicted molar refractivity (Wildman–Crippen MR) is 131 cm³/mol. The first kappa shape index (κ1) is 22.4. The smallest absolute Gasteiger partial charge is 0.265 e. The number of rotatable bonds is 6. The quantitative estimate of drug-likeness (QED) is 0.307. The van der Waals surface area contributed by atoms with Gasteiger partial charge in [-0.3, -0.25) is 9.52 Å². The third kappa shape index (κ3) is 5.72. The molecule has 0 fully saturated rings. The summed E-state index contributed by atoms with van der Waals surface area (Å²) >= 11 is 13.5. The Balaban J connectivity index is 1.54. The number of thiophene rings is 1. The van der Waals surface area contributed by atoms with Crippen LogP contribution in [0.5, 0.6) is 11.5 Å². The fraction of sp³-hybridized carbons (Fsp3) is 0.0455. The largest absolute Gasteiger partial charge is 0.457 e. The number of hydrogen-bond donors (Lipinski definition) is 2. The van der Waals surface area contributed by atoms with Crippen LogP contribution in [0.2, 0.25) is 10.0 Å². The fourth-order valence-corrected chi connectivity index (χ4v) is 4.88. The van der Waals surface area contributed by atoms with Crippen molar-refractivity contribution in [3.05, 3.63) is 81.7 Å². The SMILES string of the molecule is CS(=O)(=O)Nc1ccc2sc(C(=O)Nc3cc(Cl)cc(Oc4cccc(Cl)c4)c3)cc2c1. The van der Waals surface area contributed by atoms with Crippen LogP contribution in [0.1, 0.15) is 9.67 Å². The van der Waals surface area contributed by atoms with Crippen molar-refractivity contribution >= 4 is 71.9 Å². The minimum Gasteiger partial charge on any atom is -0.457 e. The molecule has 0 radical (unpaired) electrons. The van der Waals surface area contributed by atoms with Crippen LogP contribution in [0.25, 0.3) is 10.1 Å². The molecule has 0 aliphatic heterocycles. The standard InChI is InChI=1S/C22H16Cl2N2O4S2/c1-32(28,29)26-16-5-6-20-13(7-16)8-21(31-20)22(27)25-17-9-15(24)11-19(12-17)30-18-4-2-3-14(23)10-18/h2-12,26H,1H3,(H,25,27). The van der Waals surface area contributed by atoms with Gasteiger partial charge in [0, 0.05) is 32.2 Å². The Hall–Kier alpha value is -2.78. The Morgan fingerprint density at radius 2 is 1.69 bits per heavy atom. The summed E-state index contributed by atoms with van der Waals surface area (Å²) in [5, 5.41) is 4.51. The maximum atomic E-state index is 12.8.